The Bertz CT molecular complexity index is 792. The van der Waals surface area contributed by atoms with Gasteiger partial charge in [0.1, 0.15) is 4.90 Å². The van der Waals surface area contributed by atoms with Gasteiger partial charge >= 0.3 is 0 Å². The molecule has 2 aromatic heterocycles. The molecule has 0 spiro atoms. The average Bonchev–Trinajstić information content (AvgIpc) is 3.03. The Labute approximate surface area is 153 Å². The van der Waals surface area contributed by atoms with E-state index in [9.17, 15) is 8.42 Å². The highest BCUT2D eigenvalue weighted by Gasteiger charge is 2.23. The number of hydrogen-bond acceptors (Lipinski definition) is 7. The Balaban J connectivity index is 2.05. The summed E-state index contributed by atoms with van der Waals surface area (Å²) in [5.74, 6) is 1.70. The maximum absolute atomic E-state index is 12.4. The van der Waals surface area contributed by atoms with Crippen LogP contribution in [0.4, 0.5) is 0 Å². The van der Waals surface area contributed by atoms with E-state index < -0.39 is 10.0 Å². The van der Waals surface area contributed by atoms with Crippen LogP contribution in [0.25, 0.3) is 0 Å². The molecule has 9 heteroatoms. The summed E-state index contributed by atoms with van der Waals surface area (Å²) in [6.45, 7) is 10.5. The first-order valence-corrected chi connectivity index (χ1v) is 10.5. The van der Waals surface area contributed by atoms with Gasteiger partial charge in [0, 0.05) is 24.7 Å². The highest BCUT2D eigenvalue weighted by molar-refractivity contribution is 7.98. The third-order valence-corrected chi connectivity index (χ3v) is 6.48. The van der Waals surface area contributed by atoms with Gasteiger partial charge in [-0.25, -0.2) is 13.4 Å². The molecule has 138 valence electrons. The van der Waals surface area contributed by atoms with Crippen molar-refractivity contribution >= 4 is 21.8 Å². The first-order valence-electron chi connectivity index (χ1n) is 8.10. The minimum Gasteiger partial charge on any atom is -0.339 e. The highest BCUT2D eigenvalue weighted by atomic mass is 32.2. The lowest BCUT2D eigenvalue weighted by Crippen LogP contribution is -2.30. The molecule has 0 amide bonds. The number of pyridine rings is 1. The van der Waals surface area contributed by atoms with Crippen LogP contribution in [-0.2, 0) is 21.2 Å². The molecule has 0 aliphatic rings. The topological polar surface area (TPSA) is 89.2 Å². The van der Waals surface area contributed by atoms with Gasteiger partial charge in [0.05, 0.1) is 10.8 Å². The Hall–Kier alpha value is -1.45. The molecular weight excluding hydrogens is 360 g/mol. The quantitative estimate of drug-likeness (QED) is 0.678. The molecule has 0 radical (unpaired) electrons. The summed E-state index contributed by atoms with van der Waals surface area (Å²) in [5.41, 5.74) is -0.186. The molecule has 0 aliphatic heterocycles. The van der Waals surface area contributed by atoms with E-state index in [2.05, 4.69) is 15.1 Å². The lowest BCUT2D eigenvalue weighted by molar-refractivity contribution is 0.319. The van der Waals surface area contributed by atoms with E-state index in [1.807, 2.05) is 34.6 Å². The minimum absolute atomic E-state index is 0.186. The fourth-order valence-electron chi connectivity index (χ4n) is 2.07. The zero-order chi connectivity index (χ0) is 18.7. The Morgan fingerprint density at radius 3 is 2.36 bits per heavy atom. The van der Waals surface area contributed by atoms with Gasteiger partial charge in [-0.05, 0) is 12.1 Å². The number of rotatable bonds is 7. The predicted molar refractivity (Wildman–Crippen MR) is 96.9 cm³/mol. The van der Waals surface area contributed by atoms with E-state index in [0.717, 1.165) is 0 Å². The van der Waals surface area contributed by atoms with Gasteiger partial charge in [0.15, 0.2) is 5.82 Å². The molecule has 0 atom stereocenters. The van der Waals surface area contributed by atoms with E-state index >= 15 is 0 Å². The molecule has 2 rings (SSSR count). The van der Waals surface area contributed by atoms with E-state index in [0.29, 0.717) is 35.6 Å². The van der Waals surface area contributed by atoms with E-state index in [-0.39, 0.29) is 10.3 Å². The number of hydrogen-bond donors (Lipinski definition) is 0. The van der Waals surface area contributed by atoms with Crippen molar-refractivity contribution in [2.24, 2.45) is 0 Å². The van der Waals surface area contributed by atoms with Crippen molar-refractivity contribution in [1.29, 1.82) is 0 Å². The normalized spacial score (nSPS) is 12.7. The molecule has 0 saturated carbocycles. The summed E-state index contributed by atoms with van der Waals surface area (Å²) in [7, 11) is -3.48. The van der Waals surface area contributed by atoms with Gasteiger partial charge in [-0.15, -0.1) is 0 Å². The van der Waals surface area contributed by atoms with Crippen LogP contribution < -0.4 is 0 Å². The molecule has 25 heavy (non-hydrogen) atoms. The third kappa shape index (κ3) is 4.80. The van der Waals surface area contributed by atoms with Crippen molar-refractivity contribution in [3.8, 4) is 0 Å². The van der Waals surface area contributed by atoms with Gasteiger partial charge in [0.25, 0.3) is 0 Å². The van der Waals surface area contributed by atoms with Crippen LogP contribution in [0.2, 0.25) is 0 Å². The Morgan fingerprint density at radius 1 is 1.20 bits per heavy atom. The first kappa shape index (κ1) is 19.9. The first-order chi connectivity index (χ1) is 11.7. The lowest BCUT2D eigenvalue weighted by Gasteiger charge is -2.18. The summed E-state index contributed by atoms with van der Waals surface area (Å²) < 4.78 is 31.5. The average molecular weight is 385 g/mol. The van der Waals surface area contributed by atoms with Gasteiger partial charge in [0.2, 0.25) is 15.9 Å². The second kappa shape index (κ2) is 7.84. The summed E-state index contributed by atoms with van der Waals surface area (Å²) >= 11 is 1.43. The monoisotopic (exact) mass is 384 g/mol. The summed E-state index contributed by atoms with van der Waals surface area (Å²) in [6.07, 6.45) is 1.40. The third-order valence-electron chi connectivity index (χ3n) is 3.51. The number of sulfonamides is 1. The molecule has 2 aromatic rings. The predicted octanol–water partition coefficient (Wildman–Crippen LogP) is 3.08. The van der Waals surface area contributed by atoms with Crippen molar-refractivity contribution in [1.82, 2.24) is 19.4 Å². The molecule has 0 saturated heterocycles. The van der Waals surface area contributed by atoms with Crippen molar-refractivity contribution in [3.63, 3.8) is 0 Å². The fourth-order valence-corrected chi connectivity index (χ4v) is 4.16. The minimum atomic E-state index is -3.48. The van der Waals surface area contributed by atoms with Gasteiger partial charge in [-0.2, -0.15) is 9.29 Å². The maximum atomic E-state index is 12.4. The van der Waals surface area contributed by atoms with Crippen molar-refractivity contribution in [2.75, 3.05) is 13.1 Å². The zero-order valence-electron chi connectivity index (χ0n) is 15.2. The molecule has 0 unspecified atom stereocenters. The molecule has 0 aliphatic carbocycles. The number of thioether (sulfide) groups is 1. The van der Waals surface area contributed by atoms with Gasteiger partial charge in [-0.3, -0.25) is 0 Å². The molecule has 0 aromatic carbocycles. The number of nitrogens with zero attached hydrogens (tertiary/aromatic N) is 4. The van der Waals surface area contributed by atoms with E-state index in [1.165, 1.54) is 22.3 Å². The lowest BCUT2D eigenvalue weighted by atomic mass is 9.97. The Kier molecular flexibility index (Phi) is 6.23. The highest BCUT2D eigenvalue weighted by Crippen LogP contribution is 2.24. The Morgan fingerprint density at radius 2 is 1.88 bits per heavy atom. The zero-order valence-corrected chi connectivity index (χ0v) is 16.8. The standard InChI is InChI=1S/C16H24N4O3S2/c1-6-20(7-2)25(21,22)12-8-9-14(17-10-12)24-11-13-18-15(23-19-13)16(3,4)5/h8-10H,6-7,11H2,1-5H3. The van der Waals surface area contributed by atoms with Crippen molar-refractivity contribution in [3.05, 3.63) is 30.0 Å². The van der Waals surface area contributed by atoms with Crippen LogP contribution in [0.1, 0.15) is 46.3 Å². The molecule has 7 nitrogen and oxygen atoms in total. The van der Waals surface area contributed by atoms with Crippen LogP contribution >= 0.6 is 11.8 Å². The van der Waals surface area contributed by atoms with E-state index in [1.54, 1.807) is 12.1 Å². The smallest absolute Gasteiger partial charge is 0.244 e. The maximum Gasteiger partial charge on any atom is 0.244 e. The fraction of sp³-hybridized carbons (Fsp3) is 0.562. The SMILES string of the molecule is CCN(CC)S(=O)(=O)c1ccc(SCc2noc(C(C)(C)C)n2)nc1. The second-order valence-electron chi connectivity index (χ2n) is 6.48. The van der Waals surface area contributed by atoms with E-state index in [4.69, 9.17) is 4.52 Å². The summed E-state index contributed by atoms with van der Waals surface area (Å²) in [6, 6.07) is 3.28. The second-order valence-corrected chi connectivity index (χ2v) is 9.41. The van der Waals surface area contributed by atoms with Crippen molar-refractivity contribution in [2.45, 2.75) is 55.7 Å². The van der Waals surface area contributed by atoms with Crippen LogP contribution in [0.3, 0.4) is 0 Å². The molecule has 2 heterocycles. The van der Waals surface area contributed by atoms with Gasteiger partial charge < -0.3 is 4.52 Å². The van der Waals surface area contributed by atoms with Crippen LogP contribution in [-0.4, -0.2) is 40.9 Å². The largest absolute Gasteiger partial charge is 0.339 e. The molecule has 0 fully saturated rings. The molecule has 0 N–H and O–H groups in total. The molecule has 0 bridgehead atoms. The summed E-state index contributed by atoms with van der Waals surface area (Å²) in [4.78, 5) is 8.81. The molecular formula is C16H24N4O3S2. The summed E-state index contributed by atoms with van der Waals surface area (Å²) in [5, 5.41) is 4.67. The van der Waals surface area contributed by atoms with Crippen LogP contribution in [0, 0.1) is 0 Å². The van der Waals surface area contributed by atoms with Gasteiger partial charge in [-0.1, -0.05) is 51.5 Å². The van der Waals surface area contributed by atoms with Crippen molar-refractivity contribution < 1.29 is 12.9 Å². The van der Waals surface area contributed by atoms with Crippen LogP contribution in [0.15, 0.2) is 32.8 Å². The number of aromatic nitrogens is 3. The van der Waals surface area contributed by atoms with Crippen LogP contribution in [0.5, 0.6) is 0 Å².